The Balaban J connectivity index is -0.000000245. The third kappa shape index (κ3) is 15.6. The van der Waals surface area contributed by atoms with Crippen LogP contribution < -0.4 is 0 Å². The smallest absolute Gasteiger partial charge is 0.358 e. The van der Waals surface area contributed by atoms with Gasteiger partial charge < -0.3 is 7.43 Å². The van der Waals surface area contributed by atoms with Crippen molar-refractivity contribution < 1.29 is 19.5 Å². The molecule has 0 fully saturated rings. The van der Waals surface area contributed by atoms with Gasteiger partial charge in [-0.25, -0.2) is 0 Å². The van der Waals surface area contributed by atoms with E-state index in [1.165, 1.54) is 0 Å². The molecule has 0 aromatic rings. The zero-order chi connectivity index (χ0) is 6.24. The third-order valence-electron chi connectivity index (χ3n) is 0.609. The summed E-state index contributed by atoms with van der Waals surface area (Å²) in [6, 6.07) is 0. The van der Waals surface area contributed by atoms with Crippen LogP contribution in [0.5, 0.6) is 0 Å². The Kier molecular flexibility index (Phi) is 25.9. The molecule has 0 saturated carbocycles. The standard InChI is InChI=1S/C8H10.CH3.Ru/c1-3-5-7-8-6-4-2;;/h3-4,7-8H,1-2H3;1H3;/q;-1;+1. The number of hydrogen-bond donors (Lipinski definition) is 0. The molecule has 0 aliphatic heterocycles. The molecule has 0 bridgehead atoms. The predicted octanol–water partition coefficient (Wildman–Crippen LogP) is 2.90. The van der Waals surface area contributed by atoms with Crippen LogP contribution in [-0.2, 0) is 19.5 Å². The molecule has 0 aliphatic rings. The van der Waals surface area contributed by atoms with Crippen molar-refractivity contribution in [2.24, 2.45) is 0 Å². The van der Waals surface area contributed by atoms with Gasteiger partial charge in [0.25, 0.3) is 0 Å². The Morgan fingerprint density at radius 1 is 0.900 bits per heavy atom. The molecule has 57 valence electrons. The second-order valence-electron chi connectivity index (χ2n) is 1.24. The minimum absolute atomic E-state index is 0. The average Bonchev–Trinajstić information content (AvgIpc) is 1.81. The minimum Gasteiger partial charge on any atom is -0.358 e. The Morgan fingerprint density at radius 2 is 1.20 bits per heavy atom. The summed E-state index contributed by atoms with van der Waals surface area (Å²) in [6.07, 6.45) is 7.35. The van der Waals surface area contributed by atoms with E-state index < -0.39 is 0 Å². The van der Waals surface area contributed by atoms with Crippen LogP contribution in [0, 0.1) is 7.43 Å². The van der Waals surface area contributed by atoms with Crippen LogP contribution in [0.4, 0.5) is 0 Å². The van der Waals surface area contributed by atoms with E-state index in [0.717, 1.165) is 0 Å². The monoisotopic (exact) mass is 223 g/mol. The molecule has 10 heavy (non-hydrogen) atoms. The summed E-state index contributed by atoms with van der Waals surface area (Å²) in [6.45, 7) is 3.86. The molecule has 1 heteroatoms. The molecular formula is C9H13Ru. The molecule has 0 spiro atoms. The van der Waals surface area contributed by atoms with Gasteiger partial charge in [0.2, 0.25) is 0 Å². The molecule has 0 aromatic heterocycles. The first-order valence-electron chi connectivity index (χ1n) is 2.64. The maximum absolute atomic E-state index is 2.90. The molecule has 0 rings (SSSR count). The van der Waals surface area contributed by atoms with Gasteiger partial charge in [-0.15, -0.1) is 11.5 Å². The van der Waals surface area contributed by atoms with Crippen molar-refractivity contribution in [1.82, 2.24) is 0 Å². The van der Waals surface area contributed by atoms with Gasteiger partial charge in [0.1, 0.15) is 0 Å². The summed E-state index contributed by atoms with van der Waals surface area (Å²) in [5.74, 6) is 0. The van der Waals surface area contributed by atoms with Crippen molar-refractivity contribution >= 4 is 0 Å². The number of hydrogen-bond acceptors (Lipinski definition) is 0. The summed E-state index contributed by atoms with van der Waals surface area (Å²) in [5.41, 5.74) is 5.79. The molecule has 1 radical (unpaired) electrons. The Bertz CT molecular complexity index is 134. The van der Waals surface area contributed by atoms with Gasteiger partial charge in [0.05, 0.1) is 0 Å². The van der Waals surface area contributed by atoms with Crippen LogP contribution in [0.25, 0.3) is 0 Å². The van der Waals surface area contributed by atoms with Crippen molar-refractivity contribution in [2.45, 2.75) is 13.8 Å². The van der Waals surface area contributed by atoms with Gasteiger partial charge in [-0.2, -0.15) is 0 Å². The zero-order valence-corrected chi connectivity index (χ0v) is 8.40. The van der Waals surface area contributed by atoms with Crippen molar-refractivity contribution in [3.05, 3.63) is 43.2 Å². The molecule has 0 saturated heterocycles. The molecule has 0 heterocycles. The van der Waals surface area contributed by atoms with Crippen LogP contribution in [0.3, 0.4) is 0 Å². The van der Waals surface area contributed by atoms with Crippen molar-refractivity contribution in [3.8, 4) is 0 Å². The van der Waals surface area contributed by atoms with Gasteiger partial charge in [0.15, 0.2) is 0 Å². The Hall–Kier alpha value is -0.337. The maximum atomic E-state index is 2.90. The van der Waals surface area contributed by atoms with E-state index >= 15 is 0 Å². The summed E-state index contributed by atoms with van der Waals surface area (Å²) in [4.78, 5) is 0. The Labute approximate surface area is 76.8 Å². The fraction of sp³-hybridized carbons (Fsp3) is 0.222. The first kappa shape index (κ1) is 16.3. The number of allylic oxidation sites excluding steroid dienone is 2. The van der Waals surface area contributed by atoms with Crippen LogP contribution in [-0.4, -0.2) is 0 Å². The minimum atomic E-state index is 0. The molecule has 0 amide bonds. The molecule has 0 nitrogen and oxygen atoms in total. The maximum Gasteiger partial charge on any atom is 1.00 e. The van der Waals surface area contributed by atoms with E-state index in [1.807, 2.05) is 38.2 Å². The van der Waals surface area contributed by atoms with E-state index in [-0.39, 0.29) is 26.9 Å². The molecule has 0 N–H and O–H groups in total. The third-order valence-corrected chi connectivity index (χ3v) is 0.609. The summed E-state index contributed by atoms with van der Waals surface area (Å²) in [7, 11) is 0. The second-order valence-corrected chi connectivity index (χ2v) is 1.24. The van der Waals surface area contributed by atoms with Crippen molar-refractivity contribution in [2.75, 3.05) is 0 Å². The number of rotatable bonds is 1. The molecule has 0 atom stereocenters. The predicted molar refractivity (Wildman–Crippen MR) is 43.1 cm³/mol. The molecule has 0 unspecified atom stereocenters. The SMILES string of the molecule is CC=C=CC=C=CC.[CH3-].[Ru+]. The topological polar surface area (TPSA) is 0 Å². The molecular weight excluding hydrogens is 209 g/mol. The first-order valence-corrected chi connectivity index (χ1v) is 2.64. The fourth-order valence-corrected chi connectivity index (χ4v) is 0.289. The van der Waals surface area contributed by atoms with Crippen LogP contribution >= 0.6 is 0 Å². The largest absolute Gasteiger partial charge is 1.00 e. The first-order chi connectivity index (χ1) is 3.91. The van der Waals surface area contributed by atoms with Crippen molar-refractivity contribution in [3.63, 3.8) is 0 Å². The van der Waals surface area contributed by atoms with Gasteiger partial charge >= 0.3 is 19.5 Å². The van der Waals surface area contributed by atoms with Crippen LogP contribution in [0.2, 0.25) is 0 Å². The van der Waals surface area contributed by atoms with Gasteiger partial charge in [-0.05, 0) is 38.2 Å². The van der Waals surface area contributed by atoms with Gasteiger partial charge in [0, 0.05) is 0 Å². The second kappa shape index (κ2) is 15.9. The van der Waals surface area contributed by atoms with E-state index in [1.54, 1.807) is 0 Å². The molecule has 0 aliphatic carbocycles. The van der Waals surface area contributed by atoms with E-state index in [9.17, 15) is 0 Å². The normalized spacial score (nSPS) is 4.60. The van der Waals surface area contributed by atoms with Gasteiger partial charge in [-0.1, -0.05) is 0 Å². The average molecular weight is 222 g/mol. The fourth-order valence-electron chi connectivity index (χ4n) is 0.289. The van der Waals surface area contributed by atoms with E-state index in [2.05, 4.69) is 11.5 Å². The zero-order valence-electron chi connectivity index (χ0n) is 6.66. The van der Waals surface area contributed by atoms with E-state index in [0.29, 0.717) is 0 Å². The van der Waals surface area contributed by atoms with E-state index in [4.69, 9.17) is 0 Å². The summed E-state index contributed by atoms with van der Waals surface area (Å²) in [5, 5.41) is 0. The van der Waals surface area contributed by atoms with Crippen LogP contribution in [0.15, 0.2) is 35.8 Å². The summed E-state index contributed by atoms with van der Waals surface area (Å²) >= 11 is 0. The molecule has 0 aromatic carbocycles. The Morgan fingerprint density at radius 3 is 1.40 bits per heavy atom. The van der Waals surface area contributed by atoms with Crippen molar-refractivity contribution in [1.29, 1.82) is 0 Å². The quantitative estimate of drug-likeness (QED) is 0.277. The van der Waals surface area contributed by atoms with Crippen LogP contribution in [0.1, 0.15) is 13.8 Å². The van der Waals surface area contributed by atoms with Gasteiger partial charge in [-0.3, -0.25) is 0 Å². The summed E-state index contributed by atoms with van der Waals surface area (Å²) < 4.78 is 0.